The van der Waals surface area contributed by atoms with Gasteiger partial charge < -0.3 is 11.1 Å². The minimum Gasteiger partial charge on any atom is -0.393 e. The fourth-order valence-electron chi connectivity index (χ4n) is 1.91. The summed E-state index contributed by atoms with van der Waals surface area (Å²) in [5.74, 6) is -0.291. The van der Waals surface area contributed by atoms with E-state index in [-0.39, 0.29) is 11.9 Å². The van der Waals surface area contributed by atoms with Gasteiger partial charge in [0.1, 0.15) is 0 Å². The number of amides is 3. The number of nitrogens with zero attached hydrogens (tertiary/aromatic N) is 1. The van der Waals surface area contributed by atoms with E-state index in [0.29, 0.717) is 30.5 Å². The highest BCUT2D eigenvalue weighted by Crippen LogP contribution is 2.28. The Balaban J connectivity index is 2.50. The predicted octanol–water partition coefficient (Wildman–Crippen LogP) is 0.361. The summed E-state index contributed by atoms with van der Waals surface area (Å²) >= 11 is 4.86. The van der Waals surface area contributed by atoms with E-state index in [1.807, 2.05) is 0 Å². The van der Waals surface area contributed by atoms with E-state index in [4.69, 9.17) is 18.0 Å². The van der Waals surface area contributed by atoms with Crippen molar-refractivity contribution in [2.24, 2.45) is 5.73 Å². The van der Waals surface area contributed by atoms with Crippen molar-refractivity contribution >= 4 is 29.1 Å². The molecule has 7 heteroatoms. The fraction of sp³-hybridized carbons (Fsp3) is 0.750. The molecule has 1 rings (SSSR count). The Hall–Kier alpha value is -1.21. The minimum atomic E-state index is -0.454. The topological polar surface area (TPSA) is 87.5 Å². The second-order valence-corrected chi connectivity index (χ2v) is 5.23. The van der Waals surface area contributed by atoms with Crippen LogP contribution in [-0.4, -0.2) is 47.0 Å². The van der Waals surface area contributed by atoms with Crippen LogP contribution in [0.3, 0.4) is 0 Å². The van der Waals surface area contributed by atoms with Crippen LogP contribution in [0.25, 0.3) is 0 Å². The maximum atomic E-state index is 12.0. The Morgan fingerprint density at radius 1 is 1.47 bits per heavy atom. The molecule has 1 atom stereocenters. The van der Waals surface area contributed by atoms with Gasteiger partial charge in [-0.15, -0.1) is 0 Å². The van der Waals surface area contributed by atoms with Gasteiger partial charge in [0.25, 0.3) is 0 Å². The van der Waals surface area contributed by atoms with E-state index in [9.17, 15) is 9.59 Å². The number of urea groups is 1. The summed E-state index contributed by atoms with van der Waals surface area (Å²) in [5.41, 5.74) is 5.50. The molecule has 1 unspecified atom stereocenters. The standard InChI is InChI=1S/C12H22N4O2S/c1-3-14-12(18)15-11(17)8(2)16(9-4-5-9)7-6-10(13)19/h8-9H,3-7H2,1-2H3,(H2,13,19)(H2,14,15,17,18). The van der Waals surface area contributed by atoms with Crippen LogP contribution >= 0.6 is 12.2 Å². The Morgan fingerprint density at radius 2 is 2.11 bits per heavy atom. The summed E-state index contributed by atoms with van der Waals surface area (Å²) in [5, 5.41) is 4.87. The van der Waals surface area contributed by atoms with Crippen LogP contribution in [0, 0.1) is 0 Å². The Labute approximate surface area is 119 Å². The van der Waals surface area contributed by atoms with Crippen molar-refractivity contribution in [3.63, 3.8) is 0 Å². The van der Waals surface area contributed by atoms with Crippen molar-refractivity contribution in [3.8, 4) is 0 Å². The molecule has 1 aliphatic rings. The van der Waals surface area contributed by atoms with Gasteiger partial charge in [0.2, 0.25) is 5.91 Å². The molecule has 0 radical (unpaired) electrons. The first-order valence-electron chi connectivity index (χ1n) is 6.58. The summed E-state index contributed by atoms with van der Waals surface area (Å²) in [6.07, 6.45) is 2.75. The highest BCUT2D eigenvalue weighted by molar-refractivity contribution is 7.80. The normalized spacial score (nSPS) is 15.9. The van der Waals surface area contributed by atoms with Crippen LogP contribution < -0.4 is 16.4 Å². The quantitative estimate of drug-likeness (QED) is 0.588. The lowest BCUT2D eigenvalue weighted by molar-refractivity contribution is -0.125. The molecule has 108 valence electrons. The smallest absolute Gasteiger partial charge is 0.321 e. The van der Waals surface area contributed by atoms with Crippen LogP contribution in [0.15, 0.2) is 0 Å². The van der Waals surface area contributed by atoms with Gasteiger partial charge in [-0.2, -0.15) is 0 Å². The number of hydrogen-bond donors (Lipinski definition) is 3. The lowest BCUT2D eigenvalue weighted by atomic mass is 10.2. The van der Waals surface area contributed by atoms with Crippen molar-refractivity contribution < 1.29 is 9.59 Å². The minimum absolute atomic E-state index is 0.291. The third-order valence-electron chi connectivity index (χ3n) is 3.08. The zero-order valence-electron chi connectivity index (χ0n) is 11.4. The van der Waals surface area contributed by atoms with Gasteiger partial charge in [-0.25, -0.2) is 4.79 Å². The van der Waals surface area contributed by atoms with Crippen molar-refractivity contribution in [1.29, 1.82) is 0 Å². The lowest BCUT2D eigenvalue weighted by Crippen LogP contribution is -2.50. The van der Waals surface area contributed by atoms with Gasteiger partial charge in [-0.05, 0) is 26.7 Å². The number of rotatable bonds is 7. The first-order chi connectivity index (χ1) is 8.95. The van der Waals surface area contributed by atoms with Gasteiger partial charge in [0.15, 0.2) is 0 Å². The van der Waals surface area contributed by atoms with Gasteiger partial charge in [-0.1, -0.05) is 12.2 Å². The lowest BCUT2D eigenvalue weighted by Gasteiger charge is -2.27. The number of nitrogens with one attached hydrogen (secondary N) is 2. The predicted molar refractivity (Wildman–Crippen MR) is 77.8 cm³/mol. The number of carbonyl (C=O) groups excluding carboxylic acids is 2. The van der Waals surface area contributed by atoms with Crippen LogP contribution in [0.5, 0.6) is 0 Å². The van der Waals surface area contributed by atoms with Crippen LogP contribution in [0.1, 0.15) is 33.1 Å². The molecular formula is C12H22N4O2S. The van der Waals surface area contributed by atoms with Crippen LogP contribution in [0.2, 0.25) is 0 Å². The summed E-state index contributed by atoms with van der Waals surface area (Å²) in [4.78, 5) is 25.8. The number of nitrogens with two attached hydrogens (primary N) is 1. The Bertz CT molecular complexity index is 358. The van der Waals surface area contributed by atoms with Crippen LogP contribution in [-0.2, 0) is 4.79 Å². The van der Waals surface area contributed by atoms with Crippen molar-refractivity contribution in [2.75, 3.05) is 13.1 Å². The van der Waals surface area contributed by atoms with E-state index in [0.717, 1.165) is 12.8 Å². The first kappa shape index (κ1) is 15.8. The van der Waals surface area contributed by atoms with E-state index < -0.39 is 6.03 Å². The molecule has 0 saturated heterocycles. The Kier molecular flexibility index (Phi) is 6.17. The molecule has 0 bridgehead atoms. The summed E-state index contributed by atoms with van der Waals surface area (Å²) in [6.45, 7) is 4.74. The van der Waals surface area contributed by atoms with E-state index in [1.165, 1.54) is 0 Å². The molecule has 19 heavy (non-hydrogen) atoms. The molecule has 3 amide bonds. The molecule has 1 aliphatic carbocycles. The molecule has 0 heterocycles. The molecule has 0 spiro atoms. The number of carbonyl (C=O) groups is 2. The van der Waals surface area contributed by atoms with Gasteiger partial charge in [-0.3, -0.25) is 15.0 Å². The third-order valence-corrected chi connectivity index (χ3v) is 3.29. The SMILES string of the molecule is CCNC(=O)NC(=O)C(C)N(CCC(N)=S)C1CC1. The largest absolute Gasteiger partial charge is 0.393 e. The summed E-state index contributed by atoms with van der Waals surface area (Å²) in [6, 6.07) is -0.404. The highest BCUT2D eigenvalue weighted by Gasteiger charge is 2.35. The summed E-state index contributed by atoms with van der Waals surface area (Å²) in [7, 11) is 0. The second-order valence-electron chi connectivity index (χ2n) is 4.71. The van der Waals surface area contributed by atoms with Crippen molar-refractivity contribution in [3.05, 3.63) is 0 Å². The van der Waals surface area contributed by atoms with Gasteiger partial charge in [0, 0.05) is 25.6 Å². The fourth-order valence-corrected chi connectivity index (χ4v) is 2.00. The number of imide groups is 1. The zero-order chi connectivity index (χ0) is 14.4. The molecule has 0 aromatic carbocycles. The van der Waals surface area contributed by atoms with Crippen LogP contribution in [0.4, 0.5) is 4.79 Å². The Morgan fingerprint density at radius 3 is 2.58 bits per heavy atom. The van der Waals surface area contributed by atoms with E-state index >= 15 is 0 Å². The van der Waals surface area contributed by atoms with Crippen molar-refractivity contribution in [2.45, 2.75) is 45.2 Å². The van der Waals surface area contributed by atoms with Crippen molar-refractivity contribution in [1.82, 2.24) is 15.5 Å². The van der Waals surface area contributed by atoms with E-state index in [1.54, 1.807) is 13.8 Å². The molecule has 1 fully saturated rings. The van der Waals surface area contributed by atoms with Gasteiger partial charge >= 0.3 is 6.03 Å². The molecule has 4 N–H and O–H groups in total. The maximum absolute atomic E-state index is 12.0. The number of thiocarbonyl (C=S) groups is 1. The third kappa shape index (κ3) is 5.52. The molecule has 6 nitrogen and oxygen atoms in total. The molecular weight excluding hydrogens is 264 g/mol. The second kappa shape index (κ2) is 7.40. The zero-order valence-corrected chi connectivity index (χ0v) is 12.3. The average Bonchev–Trinajstić information content (AvgIpc) is 3.13. The van der Waals surface area contributed by atoms with Gasteiger partial charge in [0.05, 0.1) is 11.0 Å². The summed E-state index contributed by atoms with van der Waals surface area (Å²) < 4.78 is 0. The van der Waals surface area contributed by atoms with E-state index in [2.05, 4.69) is 15.5 Å². The number of hydrogen-bond acceptors (Lipinski definition) is 4. The molecule has 0 aromatic heterocycles. The highest BCUT2D eigenvalue weighted by atomic mass is 32.1. The molecule has 0 aromatic rings. The first-order valence-corrected chi connectivity index (χ1v) is 6.99. The molecule has 0 aliphatic heterocycles. The average molecular weight is 286 g/mol. The monoisotopic (exact) mass is 286 g/mol. The maximum Gasteiger partial charge on any atom is 0.321 e. The molecule has 1 saturated carbocycles.